The molecule has 0 heterocycles. The van der Waals surface area contributed by atoms with Gasteiger partial charge in [-0.05, 0) is 48.7 Å². The van der Waals surface area contributed by atoms with Gasteiger partial charge >= 0.3 is 11.8 Å². The Bertz CT molecular complexity index is 805. The number of benzene rings is 2. The van der Waals surface area contributed by atoms with E-state index in [-0.39, 0.29) is 17.6 Å². The van der Waals surface area contributed by atoms with Crippen LogP contribution in [0.25, 0.3) is 0 Å². The Kier molecular flexibility index (Phi) is 4.70. The molecule has 2 N–H and O–H groups in total. The quantitative estimate of drug-likeness (QED) is 0.840. The van der Waals surface area contributed by atoms with E-state index in [9.17, 15) is 14.0 Å². The lowest BCUT2D eigenvalue weighted by atomic mass is 10.1. The van der Waals surface area contributed by atoms with Crippen molar-refractivity contribution < 1.29 is 18.7 Å². The molecule has 2 aromatic rings. The Morgan fingerprint density at radius 2 is 1.84 bits per heavy atom. The summed E-state index contributed by atoms with van der Waals surface area (Å²) < 4.78 is 18.9. The highest BCUT2D eigenvalue weighted by Crippen LogP contribution is 2.41. The lowest BCUT2D eigenvalue weighted by molar-refractivity contribution is -0.136. The molecule has 0 saturated heterocycles. The number of rotatable bonds is 4. The van der Waals surface area contributed by atoms with E-state index in [0.29, 0.717) is 0 Å². The molecule has 0 radical (unpaired) electrons. The van der Waals surface area contributed by atoms with E-state index >= 15 is 0 Å². The van der Waals surface area contributed by atoms with Crippen molar-refractivity contribution in [3.63, 3.8) is 0 Å². The van der Waals surface area contributed by atoms with E-state index in [4.69, 9.17) is 4.74 Å². The van der Waals surface area contributed by atoms with Crippen LogP contribution >= 0.6 is 0 Å². The zero-order chi connectivity index (χ0) is 18.0. The van der Waals surface area contributed by atoms with Crippen LogP contribution in [-0.4, -0.2) is 25.0 Å². The van der Waals surface area contributed by atoms with Crippen molar-refractivity contribution in [2.75, 3.05) is 12.4 Å². The summed E-state index contributed by atoms with van der Waals surface area (Å²) in [5.74, 6) is -1.25. The fraction of sp³-hybridized carbons (Fsp3) is 0.263. The van der Waals surface area contributed by atoms with Gasteiger partial charge in [-0.25, -0.2) is 4.39 Å². The minimum absolute atomic E-state index is 0.00625. The summed E-state index contributed by atoms with van der Waals surface area (Å²) in [6.07, 6.45) is 0.768. The highest BCUT2D eigenvalue weighted by Gasteiger charge is 2.40. The molecule has 1 aliphatic rings. The number of amides is 2. The molecule has 3 rings (SSSR count). The molecule has 0 aliphatic heterocycles. The summed E-state index contributed by atoms with van der Waals surface area (Å²) in [5, 5.41) is 4.97. The number of carbonyl (C=O) groups is 2. The molecular weight excluding hydrogens is 323 g/mol. The topological polar surface area (TPSA) is 67.4 Å². The molecule has 130 valence electrons. The Morgan fingerprint density at radius 1 is 1.12 bits per heavy atom. The van der Waals surface area contributed by atoms with E-state index in [1.165, 1.54) is 12.1 Å². The average molecular weight is 342 g/mol. The zero-order valence-electron chi connectivity index (χ0n) is 14.0. The first-order chi connectivity index (χ1) is 12.0. The van der Waals surface area contributed by atoms with Crippen LogP contribution in [0.1, 0.15) is 23.5 Å². The Balaban J connectivity index is 1.54. The predicted octanol–water partition coefficient (Wildman–Crippen LogP) is 2.75. The number of hydrogen-bond donors (Lipinski definition) is 2. The second-order valence-corrected chi connectivity index (χ2v) is 6.13. The molecule has 2 aromatic carbocycles. The first-order valence-corrected chi connectivity index (χ1v) is 8.00. The zero-order valence-corrected chi connectivity index (χ0v) is 14.0. The summed E-state index contributed by atoms with van der Waals surface area (Å²) in [6, 6.07) is 11.9. The van der Waals surface area contributed by atoms with Crippen molar-refractivity contribution in [3.8, 4) is 5.75 Å². The van der Waals surface area contributed by atoms with Crippen molar-refractivity contribution in [3.05, 3.63) is 59.4 Å². The summed E-state index contributed by atoms with van der Waals surface area (Å²) in [4.78, 5) is 23.9. The number of anilines is 1. The van der Waals surface area contributed by atoms with Crippen LogP contribution in [0.4, 0.5) is 10.1 Å². The van der Waals surface area contributed by atoms with E-state index < -0.39 is 17.6 Å². The highest BCUT2D eigenvalue weighted by molar-refractivity contribution is 6.39. The number of nitrogens with one attached hydrogen (secondary N) is 2. The van der Waals surface area contributed by atoms with Gasteiger partial charge in [0.25, 0.3) is 0 Å². The largest absolute Gasteiger partial charge is 0.497 e. The van der Waals surface area contributed by atoms with Crippen molar-refractivity contribution in [2.45, 2.75) is 25.3 Å². The Hall–Kier alpha value is -2.89. The molecule has 0 bridgehead atoms. The minimum Gasteiger partial charge on any atom is -0.497 e. The van der Waals surface area contributed by atoms with Gasteiger partial charge < -0.3 is 15.4 Å². The summed E-state index contributed by atoms with van der Waals surface area (Å²) in [6.45, 7) is 1.74. The molecule has 1 fully saturated rings. The molecule has 0 aromatic heterocycles. The number of carbonyl (C=O) groups excluding carboxylic acids is 2. The van der Waals surface area contributed by atoms with Crippen molar-refractivity contribution in [1.82, 2.24) is 5.32 Å². The van der Waals surface area contributed by atoms with Gasteiger partial charge in [-0.2, -0.15) is 0 Å². The standard InChI is InChI=1S/C19H19FN2O3/c1-11-3-8-16(15(20)9-11)21-18(23)19(24)22-17-10-14(17)12-4-6-13(25-2)7-5-12/h3-9,14,17H,10H2,1-2H3,(H,21,23)(H,22,24)/t14-,17+/m1/s1. The van der Waals surface area contributed by atoms with Gasteiger partial charge in [0.1, 0.15) is 11.6 Å². The number of aryl methyl sites for hydroxylation is 1. The smallest absolute Gasteiger partial charge is 0.313 e. The number of hydrogen-bond acceptors (Lipinski definition) is 3. The highest BCUT2D eigenvalue weighted by atomic mass is 19.1. The number of methoxy groups -OCH3 is 1. The van der Waals surface area contributed by atoms with Gasteiger partial charge in [-0.1, -0.05) is 18.2 Å². The molecule has 0 unspecified atom stereocenters. The van der Waals surface area contributed by atoms with E-state index in [1.54, 1.807) is 20.1 Å². The first kappa shape index (κ1) is 17.0. The lowest BCUT2D eigenvalue weighted by Gasteiger charge is -2.08. The maximum atomic E-state index is 13.7. The van der Waals surface area contributed by atoms with Crippen LogP contribution in [-0.2, 0) is 9.59 Å². The van der Waals surface area contributed by atoms with Gasteiger partial charge in [0.2, 0.25) is 0 Å². The molecule has 2 amide bonds. The van der Waals surface area contributed by atoms with Crippen molar-refractivity contribution >= 4 is 17.5 Å². The van der Waals surface area contributed by atoms with Crippen molar-refractivity contribution in [1.29, 1.82) is 0 Å². The monoisotopic (exact) mass is 342 g/mol. The van der Waals surface area contributed by atoms with Crippen LogP contribution in [0.15, 0.2) is 42.5 Å². The van der Waals surface area contributed by atoms with Crippen LogP contribution in [0.2, 0.25) is 0 Å². The van der Waals surface area contributed by atoms with Gasteiger partial charge in [0, 0.05) is 12.0 Å². The third kappa shape index (κ3) is 3.96. The SMILES string of the molecule is COc1ccc([C@H]2C[C@@H]2NC(=O)C(=O)Nc2ccc(C)cc2F)cc1. The first-order valence-electron chi connectivity index (χ1n) is 8.00. The lowest BCUT2D eigenvalue weighted by Crippen LogP contribution is -2.37. The van der Waals surface area contributed by atoms with E-state index in [1.807, 2.05) is 24.3 Å². The van der Waals surface area contributed by atoms with Crippen LogP contribution < -0.4 is 15.4 Å². The second kappa shape index (κ2) is 6.93. The fourth-order valence-corrected chi connectivity index (χ4v) is 2.71. The minimum atomic E-state index is -0.872. The molecule has 1 saturated carbocycles. The third-order valence-corrected chi connectivity index (χ3v) is 4.23. The van der Waals surface area contributed by atoms with Gasteiger partial charge in [-0.3, -0.25) is 9.59 Å². The summed E-state index contributed by atoms with van der Waals surface area (Å²) in [5.41, 5.74) is 1.81. The second-order valence-electron chi connectivity index (χ2n) is 6.13. The molecule has 1 aliphatic carbocycles. The molecule has 5 nitrogen and oxygen atoms in total. The molecule has 25 heavy (non-hydrogen) atoms. The summed E-state index contributed by atoms with van der Waals surface area (Å²) >= 11 is 0. The number of halogens is 1. The fourth-order valence-electron chi connectivity index (χ4n) is 2.71. The molecule has 0 spiro atoms. The maximum Gasteiger partial charge on any atom is 0.313 e. The van der Waals surface area contributed by atoms with Gasteiger partial charge in [0.05, 0.1) is 12.8 Å². The van der Waals surface area contributed by atoms with Crippen molar-refractivity contribution in [2.24, 2.45) is 0 Å². The van der Waals surface area contributed by atoms with Crippen LogP contribution in [0, 0.1) is 12.7 Å². The predicted molar refractivity (Wildman–Crippen MR) is 92.0 cm³/mol. The van der Waals surface area contributed by atoms with Crippen LogP contribution in [0.3, 0.4) is 0 Å². The van der Waals surface area contributed by atoms with E-state index in [2.05, 4.69) is 10.6 Å². The van der Waals surface area contributed by atoms with Gasteiger partial charge in [0.15, 0.2) is 0 Å². The summed E-state index contributed by atoms with van der Waals surface area (Å²) in [7, 11) is 1.60. The normalized spacial score (nSPS) is 18.4. The molecule has 2 atom stereocenters. The van der Waals surface area contributed by atoms with Gasteiger partial charge in [-0.15, -0.1) is 0 Å². The van der Waals surface area contributed by atoms with Crippen LogP contribution in [0.5, 0.6) is 5.75 Å². The van der Waals surface area contributed by atoms with E-state index in [0.717, 1.165) is 23.3 Å². The third-order valence-electron chi connectivity index (χ3n) is 4.23. The number of ether oxygens (including phenoxy) is 1. The Morgan fingerprint density at radius 3 is 2.48 bits per heavy atom. The maximum absolute atomic E-state index is 13.7. The molecule has 6 heteroatoms. The average Bonchev–Trinajstić information content (AvgIpc) is 3.36. The Labute approximate surface area is 145 Å². The molecular formula is C19H19FN2O3.